The number of anilines is 1. The summed E-state index contributed by atoms with van der Waals surface area (Å²) in [6, 6.07) is 18.9. The first-order chi connectivity index (χ1) is 14.8. The van der Waals surface area contributed by atoms with Crippen LogP contribution in [0.3, 0.4) is 0 Å². The van der Waals surface area contributed by atoms with E-state index in [4.69, 9.17) is 4.74 Å². The van der Waals surface area contributed by atoms with E-state index in [-0.39, 0.29) is 17.1 Å². The Balaban J connectivity index is 1.89. The summed E-state index contributed by atoms with van der Waals surface area (Å²) in [5, 5.41) is 2.55. The van der Waals surface area contributed by atoms with E-state index >= 15 is 0 Å². The predicted molar refractivity (Wildman–Crippen MR) is 117 cm³/mol. The van der Waals surface area contributed by atoms with Crippen LogP contribution in [0.15, 0.2) is 77.7 Å². The van der Waals surface area contributed by atoms with E-state index in [1.165, 1.54) is 43.5 Å². The third-order valence-corrected chi connectivity index (χ3v) is 6.42. The third kappa shape index (κ3) is 5.68. The van der Waals surface area contributed by atoms with Gasteiger partial charge in [0.05, 0.1) is 18.6 Å². The van der Waals surface area contributed by atoms with Crippen LogP contribution in [0.4, 0.5) is 10.1 Å². The molecule has 0 aromatic heterocycles. The summed E-state index contributed by atoms with van der Waals surface area (Å²) < 4.78 is 46.5. The van der Waals surface area contributed by atoms with Gasteiger partial charge in [0.2, 0.25) is 15.9 Å². The number of carbonyl (C=O) groups excluding carboxylic acids is 1. The van der Waals surface area contributed by atoms with Crippen molar-refractivity contribution in [2.24, 2.45) is 0 Å². The minimum atomic E-state index is -4.00. The van der Waals surface area contributed by atoms with Crippen LogP contribution in [0, 0.1) is 12.7 Å². The monoisotopic (exact) mass is 442 g/mol. The third-order valence-electron chi connectivity index (χ3n) is 4.63. The Morgan fingerprint density at radius 1 is 1.03 bits per heavy atom. The molecular formula is C23H23FN2O4S. The number of nitrogens with one attached hydrogen (secondary N) is 1. The standard InChI is InChI=1S/C23H23FN2O4S/c1-17-13-21(11-12-22(17)30-2)31(28,29)26(15-18-7-4-3-5-8-18)16-23(27)25-20-10-6-9-19(24)14-20/h3-14H,15-16H2,1-2H3,(H,25,27). The van der Waals surface area contributed by atoms with E-state index < -0.39 is 28.3 Å². The van der Waals surface area contributed by atoms with Crippen LogP contribution in [0.2, 0.25) is 0 Å². The molecule has 0 aliphatic heterocycles. The first-order valence-corrected chi connectivity index (χ1v) is 11.0. The normalized spacial score (nSPS) is 11.4. The Morgan fingerprint density at radius 2 is 1.77 bits per heavy atom. The van der Waals surface area contributed by atoms with Crippen molar-refractivity contribution in [3.63, 3.8) is 0 Å². The number of benzene rings is 3. The molecular weight excluding hydrogens is 419 g/mol. The quantitative estimate of drug-likeness (QED) is 0.573. The molecule has 6 nitrogen and oxygen atoms in total. The summed E-state index contributed by atoms with van der Waals surface area (Å²) in [6.45, 7) is 1.32. The Bertz CT molecular complexity index is 1170. The van der Waals surface area contributed by atoms with E-state index in [1.807, 2.05) is 6.07 Å². The topological polar surface area (TPSA) is 75.7 Å². The zero-order chi connectivity index (χ0) is 22.4. The Kier molecular flexibility index (Phi) is 7.04. The maximum absolute atomic E-state index is 13.4. The second-order valence-electron chi connectivity index (χ2n) is 6.95. The molecule has 0 bridgehead atoms. The second-order valence-corrected chi connectivity index (χ2v) is 8.89. The number of ether oxygens (including phenoxy) is 1. The van der Waals surface area contributed by atoms with Gasteiger partial charge in [-0.1, -0.05) is 36.4 Å². The first-order valence-electron chi connectivity index (χ1n) is 9.54. The molecule has 0 aliphatic carbocycles. The second kappa shape index (κ2) is 9.72. The molecule has 0 radical (unpaired) electrons. The van der Waals surface area contributed by atoms with Gasteiger partial charge in [-0.15, -0.1) is 0 Å². The van der Waals surface area contributed by atoms with E-state index in [9.17, 15) is 17.6 Å². The van der Waals surface area contributed by atoms with Crippen molar-refractivity contribution in [2.45, 2.75) is 18.4 Å². The van der Waals surface area contributed by atoms with Gasteiger partial charge in [0.15, 0.2) is 0 Å². The van der Waals surface area contributed by atoms with Gasteiger partial charge in [-0.2, -0.15) is 4.31 Å². The maximum Gasteiger partial charge on any atom is 0.243 e. The Labute approximate surface area is 181 Å². The van der Waals surface area contributed by atoms with Crippen molar-refractivity contribution >= 4 is 21.6 Å². The maximum atomic E-state index is 13.4. The number of carbonyl (C=O) groups is 1. The van der Waals surface area contributed by atoms with Crippen molar-refractivity contribution < 1.29 is 22.3 Å². The van der Waals surface area contributed by atoms with Gasteiger partial charge in [0.1, 0.15) is 11.6 Å². The highest BCUT2D eigenvalue weighted by Gasteiger charge is 2.27. The molecule has 3 aromatic carbocycles. The molecule has 8 heteroatoms. The highest BCUT2D eigenvalue weighted by atomic mass is 32.2. The number of sulfonamides is 1. The molecule has 162 valence electrons. The first kappa shape index (κ1) is 22.5. The van der Waals surface area contributed by atoms with Crippen molar-refractivity contribution in [3.8, 4) is 5.75 Å². The average Bonchev–Trinajstić information content (AvgIpc) is 2.74. The summed E-state index contributed by atoms with van der Waals surface area (Å²) in [5.41, 5.74) is 1.64. The molecule has 3 rings (SSSR count). The van der Waals surface area contributed by atoms with Gasteiger partial charge >= 0.3 is 0 Å². The van der Waals surface area contributed by atoms with Gasteiger partial charge < -0.3 is 10.1 Å². The molecule has 0 spiro atoms. The number of nitrogens with zero attached hydrogens (tertiary/aromatic N) is 1. The number of amides is 1. The van der Waals surface area contributed by atoms with Crippen LogP contribution >= 0.6 is 0 Å². The number of hydrogen-bond donors (Lipinski definition) is 1. The minimum absolute atomic E-state index is 0.00478. The summed E-state index contributed by atoms with van der Waals surface area (Å²) in [5.74, 6) is -0.506. The number of rotatable bonds is 8. The highest BCUT2D eigenvalue weighted by Crippen LogP contribution is 2.25. The summed E-state index contributed by atoms with van der Waals surface area (Å²) in [7, 11) is -2.49. The minimum Gasteiger partial charge on any atom is -0.496 e. The lowest BCUT2D eigenvalue weighted by Crippen LogP contribution is -2.37. The number of halogens is 1. The Morgan fingerprint density at radius 3 is 2.42 bits per heavy atom. The smallest absolute Gasteiger partial charge is 0.243 e. The van der Waals surface area contributed by atoms with Crippen LogP contribution < -0.4 is 10.1 Å². The van der Waals surface area contributed by atoms with Gasteiger partial charge in [-0.3, -0.25) is 4.79 Å². The highest BCUT2D eigenvalue weighted by molar-refractivity contribution is 7.89. The zero-order valence-corrected chi connectivity index (χ0v) is 18.0. The lowest BCUT2D eigenvalue weighted by Gasteiger charge is -2.22. The molecule has 1 N–H and O–H groups in total. The van der Waals surface area contributed by atoms with E-state index in [1.54, 1.807) is 37.3 Å². The fraction of sp³-hybridized carbons (Fsp3) is 0.174. The summed E-state index contributed by atoms with van der Waals surface area (Å²) >= 11 is 0. The molecule has 31 heavy (non-hydrogen) atoms. The van der Waals surface area contributed by atoms with Gasteiger partial charge in [0, 0.05) is 12.2 Å². The summed E-state index contributed by atoms with van der Waals surface area (Å²) in [4.78, 5) is 12.7. The molecule has 0 saturated heterocycles. The molecule has 0 saturated carbocycles. The van der Waals surface area contributed by atoms with Crippen molar-refractivity contribution in [1.82, 2.24) is 4.31 Å². The van der Waals surface area contributed by atoms with E-state index in [0.29, 0.717) is 11.3 Å². The van der Waals surface area contributed by atoms with Crippen LogP contribution in [-0.4, -0.2) is 32.3 Å². The molecule has 1 amide bonds. The van der Waals surface area contributed by atoms with Crippen LogP contribution in [0.25, 0.3) is 0 Å². The number of hydrogen-bond acceptors (Lipinski definition) is 4. The summed E-state index contributed by atoms with van der Waals surface area (Å²) in [6.07, 6.45) is 0. The van der Waals surface area contributed by atoms with Gasteiger partial charge in [0.25, 0.3) is 0 Å². The van der Waals surface area contributed by atoms with E-state index in [2.05, 4.69) is 5.32 Å². The lowest BCUT2D eigenvalue weighted by molar-refractivity contribution is -0.116. The van der Waals surface area contributed by atoms with Crippen molar-refractivity contribution in [3.05, 3.63) is 89.7 Å². The molecule has 0 aliphatic rings. The fourth-order valence-corrected chi connectivity index (χ4v) is 4.57. The van der Waals surface area contributed by atoms with Gasteiger partial charge in [-0.05, 0) is 54.4 Å². The lowest BCUT2D eigenvalue weighted by atomic mass is 10.2. The van der Waals surface area contributed by atoms with Crippen molar-refractivity contribution in [2.75, 3.05) is 19.0 Å². The zero-order valence-electron chi connectivity index (χ0n) is 17.2. The number of methoxy groups -OCH3 is 1. The predicted octanol–water partition coefficient (Wildman–Crippen LogP) is 3.97. The van der Waals surface area contributed by atoms with Crippen LogP contribution in [0.1, 0.15) is 11.1 Å². The Hall–Kier alpha value is -3.23. The van der Waals surface area contributed by atoms with Crippen LogP contribution in [-0.2, 0) is 21.4 Å². The largest absolute Gasteiger partial charge is 0.496 e. The van der Waals surface area contributed by atoms with E-state index in [0.717, 1.165) is 9.87 Å². The molecule has 0 fully saturated rings. The molecule has 0 heterocycles. The SMILES string of the molecule is COc1ccc(S(=O)(=O)N(CC(=O)Nc2cccc(F)c2)Cc2ccccc2)cc1C. The van der Waals surface area contributed by atoms with Crippen molar-refractivity contribution in [1.29, 1.82) is 0 Å². The number of aryl methyl sites for hydroxylation is 1. The fourth-order valence-electron chi connectivity index (χ4n) is 3.10. The average molecular weight is 443 g/mol. The van der Waals surface area contributed by atoms with Gasteiger partial charge in [-0.25, -0.2) is 12.8 Å². The molecule has 0 atom stereocenters. The molecule has 0 unspecified atom stereocenters. The van der Waals surface area contributed by atoms with Crippen LogP contribution in [0.5, 0.6) is 5.75 Å². The molecule has 3 aromatic rings.